The number of hydrogen-bond donors (Lipinski definition) is 2. The van der Waals surface area contributed by atoms with Gasteiger partial charge in [0.15, 0.2) is 0 Å². The molecule has 0 saturated carbocycles. The number of nitrogens with one attached hydrogen (secondary N) is 2. The average Bonchev–Trinajstić information content (AvgIpc) is 2.59. The zero-order valence-corrected chi connectivity index (χ0v) is 14.9. The molecule has 0 aromatic heterocycles. The van der Waals surface area contributed by atoms with Gasteiger partial charge in [-0.15, -0.1) is 0 Å². The minimum Gasteiger partial charge on any atom is -0.465 e. The van der Waals surface area contributed by atoms with Crippen LogP contribution in [0.2, 0.25) is 10.0 Å². The van der Waals surface area contributed by atoms with Gasteiger partial charge < -0.3 is 15.4 Å². The Morgan fingerprint density at radius 2 is 1.56 bits per heavy atom. The molecule has 8 heteroatoms. The molecule has 0 atom stereocenters. The number of esters is 1. The van der Waals surface area contributed by atoms with Crippen LogP contribution in [0.3, 0.4) is 0 Å². The van der Waals surface area contributed by atoms with Crippen LogP contribution in [0.15, 0.2) is 36.4 Å². The highest BCUT2D eigenvalue weighted by molar-refractivity contribution is 6.45. The third-order valence-electron chi connectivity index (χ3n) is 3.29. The summed E-state index contributed by atoms with van der Waals surface area (Å²) in [6, 6.07) is 9.11. The number of aryl methyl sites for hydroxylation is 1. The van der Waals surface area contributed by atoms with E-state index in [-0.39, 0.29) is 16.3 Å². The van der Waals surface area contributed by atoms with Gasteiger partial charge >= 0.3 is 17.8 Å². The highest BCUT2D eigenvalue weighted by Gasteiger charge is 2.18. The van der Waals surface area contributed by atoms with E-state index in [4.69, 9.17) is 23.2 Å². The van der Waals surface area contributed by atoms with E-state index >= 15 is 0 Å². The highest BCUT2D eigenvalue weighted by atomic mass is 35.5. The summed E-state index contributed by atoms with van der Waals surface area (Å²) in [4.78, 5) is 35.7. The van der Waals surface area contributed by atoms with Crippen molar-refractivity contribution in [2.24, 2.45) is 0 Å². The topological polar surface area (TPSA) is 84.5 Å². The van der Waals surface area contributed by atoms with E-state index in [1.165, 1.54) is 31.4 Å². The van der Waals surface area contributed by atoms with Crippen LogP contribution >= 0.6 is 23.2 Å². The van der Waals surface area contributed by atoms with Crippen LogP contribution in [-0.4, -0.2) is 24.9 Å². The number of amides is 2. The van der Waals surface area contributed by atoms with Gasteiger partial charge in [0.2, 0.25) is 0 Å². The molecule has 2 aromatic carbocycles. The van der Waals surface area contributed by atoms with Crippen molar-refractivity contribution in [3.63, 3.8) is 0 Å². The van der Waals surface area contributed by atoms with Gasteiger partial charge in [0.05, 0.1) is 23.4 Å². The molecule has 0 aliphatic rings. The Kier molecular flexibility index (Phi) is 6.01. The van der Waals surface area contributed by atoms with Crippen LogP contribution in [0, 0.1) is 6.92 Å². The summed E-state index contributed by atoms with van der Waals surface area (Å²) in [5, 5.41) is 5.43. The summed E-state index contributed by atoms with van der Waals surface area (Å²) in [7, 11) is 1.23. The minimum atomic E-state index is -0.941. The second kappa shape index (κ2) is 8.00. The lowest BCUT2D eigenvalue weighted by atomic mass is 10.2. The molecule has 0 saturated heterocycles. The molecule has 130 valence electrons. The van der Waals surface area contributed by atoms with Gasteiger partial charge in [0, 0.05) is 10.7 Å². The molecule has 2 amide bonds. The summed E-state index contributed by atoms with van der Waals surface area (Å²) in [6.07, 6.45) is 0. The second-order valence-corrected chi connectivity index (χ2v) is 5.90. The van der Waals surface area contributed by atoms with Crippen molar-refractivity contribution in [3.8, 4) is 0 Å². The van der Waals surface area contributed by atoms with E-state index in [0.29, 0.717) is 10.7 Å². The number of benzene rings is 2. The summed E-state index contributed by atoms with van der Waals surface area (Å²) >= 11 is 11.9. The van der Waals surface area contributed by atoms with Crippen molar-refractivity contribution >= 4 is 52.4 Å². The van der Waals surface area contributed by atoms with Crippen molar-refractivity contribution in [2.75, 3.05) is 17.7 Å². The Bertz CT molecular complexity index is 853. The van der Waals surface area contributed by atoms with Gasteiger partial charge in [-0.05, 0) is 42.8 Å². The third-order valence-corrected chi connectivity index (χ3v) is 3.85. The molecular weight excluding hydrogens is 367 g/mol. The van der Waals surface area contributed by atoms with Crippen LogP contribution in [0.4, 0.5) is 11.4 Å². The second-order valence-electron chi connectivity index (χ2n) is 5.05. The summed E-state index contributed by atoms with van der Waals surface area (Å²) in [6.45, 7) is 1.76. The van der Waals surface area contributed by atoms with Crippen LogP contribution < -0.4 is 10.6 Å². The Balaban J connectivity index is 2.15. The van der Waals surface area contributed by atoms with Crippen molar-refractivity contribution in [2.45, 2.75) is 6.92 Å². The maximum atomic E-state index is 12.1. The van der Waals surface area contributed by atoms with Crippen molar-refractivity contribution in [1.82, 2.24) is 0 Å². The molecule has 0 aliphatic carbocycles. The van der Waals surface area contributed by atoms with Gasteiger partial charge in [-0.25, -0.2) is 4.79 Å². The average molecular weight is 381 g/mol. The smallest absolute Gasteiger partial charge is 0.337 e. The zero-order chi connectivity index (χ0) is 18.6. The van der Waals surface area contributed by atoms with Gasteiger partial charge in [-0.1, -0.05) is 29.3 Å². The van der Waals surface area contributed by atoms with Crippen LogP contribution in [0.1, 0.15) is 15.9 Å². The summed E-state index contributed by atoms with van der Waals surface area (Å²) in [5.41, 5.74) is 1.47. The Labute approximate surface area is 154 Å². The fourth-order valence-electron chi connectivity index (χ4n) is 1.95. The molecule has 0 fully saturated rings. The zero-order valence-electron chi connectivity index (χ0n) is 13.4. The molecule has 0 radical (unpaired) electrons. The van der Waals surface area contributed by atoms with E-state index < -0.39 is 17.8 Å². The number of carbonyl (C=O) groups is 3. The predicted octanol–water partition coefficient (Wildman–Crippen LogP) is 3.67. The van der Waals surface area contributed by atoms with Crippen LogP contribution in [0.5, 0.6) is 0 Å². The number of ether oxygens (including phenoxy) is 1. The van der Waals surface area contributed by atoms with Gasteiger partial charge in [0.1, 0.15) is 0 Å². The molecule has 0 spiro atoms. The maximum absolute atomic E-state index is 12.1. The Morgan fingerprint density at radius 3 is 2.20 bits per heavy atom. The summed E-state index contributed by atoms with van der Waals surface area (Å²) in [5.74, 6) is -2.43. The molecule has 0 heterocycles. The summed E-state index contributed by atoms with van der Waals surface area (Å²) < 4.78 is 4.60. The number of halogens is 2. The minimum absolute atomic E-state index is 0.118. The van der Waals surface area contributed by atoms with E-state index in [2.05, 4.69) is 15.4 Å². The molecule has 0 aliphatic heterocycles. The monoisotopic (exact) mass is 380 g/mol. The molecule has 2 rings (SSSR count). The fourth-order valence-corrected chi connectivity index (χ4v) is 2.29. The van der Waals surface area contributed by atoms with Gasteiger partial charge in [0.25, 0.3) is 0 Å². The predicted molar refractivity (Wildman–Crippen MR) is 96.2 cm³/mol. The number of carbonyl (C=O) groups excluding carboxylic acids is 3. The SMILES string of the molecule is COC(=O)c1ccc(Cl)c(NC(=O)C(=O)Nc2cc(Cl)ccc2C)c1. The quantitative estimate of drug-likeness (QED) is 0.628. The molecule has 2 N–H and O–H groups in total. The molecule has 0 bridgehead atoms. The normalized spacial score (nSPS) is 10.1. The highest BCUT2D eigenvalue weighted by Crippen LogP contribution is 2.24. The first-order chi connectivity index (χ1) is 11.8. The Hall–Kier alpha value is -2.57. The molecule has 6 nitrogen and oxygen atoms in total. The number of hydrogen-bond acceptors (Lipinski definition) is 4. The largest absolute Gasteiger partial charge is 0.465 e. The molecule has 0 unspecified atom stereocenters. The first-order valence-electron chi connectivity index (χ1n) is 7.08. The Morgan fingerprint density at radius 1 is 0.920 bits per heavy atom. The lowest BCUT2D eigenvalue weighted by Crippen LogP contribution is -2.29. The first-order valence-corrected chi connectivity index (χ1v) is 7.83. The number of methoxy groups -OCH3 is 1. The maximum Gasteiger partial charge on any atom is 0.337 e. The van der Waals surface area contributed by atoms with Gasteiger partial charge in [-0.2, -0.15) is 0 Å². The first kappa shape index (κ1) is 18.8. The van der Waals surface area contributed by atoms with Crippen LogP contribution in [-0.2, 0) is 14.3 Å². The lowest BCUT2D eigenvalue weighted by Gasteiger charge is -2.11. The van der Waals surface area contributed by atoms with E-state index in [1.807, 2.05) is 0 Å². The fraction of sp³-hybridized carbons (Fsp3) is 0.118. The van der Waals surface area contributed by atoms with E-state index in [0.717, 1.165) is 5.56 Å². The number of anilines is 2. The van der Waals surface area contributed by atoms with Gasteiger partial charge in [-0.3, -0.25) is 9.59 Å². The lowest BCUT2D eigenvalue weighted by molar-refractivity contribution is -0.133. The van der Waals surface area contributed by atoms with E-state index in [1.54, 1.807) is 19.1 Å². The van der Waals surface area contributed by atoms with E-state index in [9.17, 15) is 14.4 Å². The van der Waals surface area contributed by atoms with Crippen molar-refractivity contribution in [3.05, 3.63) is 57.6 Å². The number of rotatable bonds is 3. The van der Waals surface area contributed by atoms with Crippen LogP contribution in [0.25, 0.3) is 0 Å². The van der Waals surface area contributed by atoms with Crippen molar-refractivity contribution in [1.29, 1.82) is 0 Å². The molecule has 2 aromatic rings. The molecular formula is C17H14Cl2N2O4. The third kappa shape index (κ3) is 4.71. The molecule has 25 heavy (non-hydrogen) atoms. The van der Waals surface area contributed by atoms with Crippen molar-refractivity contribution < 1.29 is 19.1 Å². The standard InChI is InChI=1S/C17H14Cl2N2O4/c1-9-3-5-11(18)8-13(9)20-15(22)16(23)21-14-7-10(17(24)25-2)4-6-12(14)19/h3-8H,1-2H3,(H,20,22)(H,21,23).